The lowest BCUT2D eigenvalue weighted by Gasteiger charge is -2.39. The molecule has 1 aliphatic rings. The lowest BCUT2D eigenvalue weighted by atomic mass is 10.1. The number of fused-ring (bicyclic) bond motifs is 1. The highest BCUT2D eigenvalue weighted by molar-refractivity contribution is 9.10. The molecule has 206 valence electrons. The minimum Gasteiger partial charge on any atom is -0.465 e. The second kappa shape index (κ2) is 9.56. The van der Waals surface area contributed by atoms with Crippen molar-refractivity contribution in [3.8, 4) is 11.4 Å². The molecule has 0 aliphatic heterocycles. The van der Waals surface area contributed by atoms with Gasteiger partial charge >= 0.3 is 6.09 Å². The highest BCUT2D eigenvalue weighted by Gasteiger charge is 2.54. The van der Waals surface area contributed by atoms with Crippen LogP contribution in [0.5, 0.6) is 0 Å². The molecule has 0 saturated heterocycles. The quantitative estimate of drug-likeness (QED) is 0.229. The van der Waals surface area contributed by atoms with Crippen molar-refractivity contribution >= 4 is 41.8 Å². The zero-order chi connectivity index (χ0) is 28.3. The van der Waals surface area contributed by atoms with Gasteiger partial charge in [0.1, 0.15) is 11.6 Å². The maximum absolute atomic E-state index is 12.8. The largest absolute Gasteiger partial charge is 0.465 e. The average Bonchev–Trinajstić information content (AvgIpc) is 3.40. The number of hydrogen-bond acceptors (Lipinski definition) is 5. The van der Waals surface area contributed by atoms with E-state index in [0.29, 0.717) is 11.5 Å². The van der Waals surface area contributed by atoms with Crippen LogP contribution < -0.4 is 4.90 Å². The average molecular weight is 612 g/mol. The van der Waals surface area contributed by atoms with Crippen molar-refractivity contribution in [2.24, 2.45) is 7.05 Å². The maximum Gasteiger partial charge on any atom is 0.413 e. The number of aryl methyl sites for hydroxylation is 2. The predicted molar refractivity (Wildman–Crippen MR) is 157 cm³/mol. The Morgan fingerprint density at radius 3 is 2.56 bits per heavy atom. The van der Waals surface area contributed by atoms with Crippen molar-refractivity contribution in [1.82, 2.24) is 24.1 Å². The van der Waals surface area contributed by atoms with Crippen LogP contribution in [0, 0.1) is 6.92 Å². The van der Waals surface area contributed by atoms with Crippen LogP contribution in [-0.2, 0) is 23.6 Å². The second-order valence-electron chi connectivity index (χ2n) is 11.9. The van der Waals surface area contributed by atoms with Crippen LogP contribution >= 0.6 is 15.9 Å². The molecule has 9 nitrogen and oxygen atoms in total. The number of aromatic nitrogens is 5. The second-order valence-corrected chi connectivity index (χ2v) is 17.4. The van der Waals surface area contributed by atoms with Crippen LogP contribution in [0.1, 0.15) is 50.6 Å². The van der Waals surface area contributed by atoms with Crippen LogP contribution in [0.2, 0.25) is 18.1 Å². The Morgan fingerprint density at radius 1 is 1.26 bits per heavy atom. The number of halogens is 1. The summed E-state index contributed by atoms with van der Waals surface area (Å²) in [4.78, 5) is 23.5. The van der Waals surface area contributed by atoms with E-state index >= 15 is 0 Å². The van der Waals surface area contributed by atoms with E-state index < -0.39 is 20.0 Å². The molecule has 0 unspecified atom stereocenters. The summed E-state index contributed by atoms with van der Waals surface area (Å²) in [5.41, 5.74) is 3.31. The topological polar surface area (TPSA) is 97.8 Å². The summed E-state index contributed by atoms with van der Waals surface area (Å²) in [7, 11) is -0.177. The standard InChI is InChI=1S/C28H35BrN6O3Si/c1-18-23(29)25-31-21(28(11-12-28)38-39(6,7)27(2,3)4)16-22(35(25)32-18)34(26(36)37)17-19-9-8-10-20(15-19)24-30-13-14-33(24)5/h8-10,13-16H,11-12,17H2,1-7H3,(H,36,37). The van der Waals surface area contributed by atoms with Gasteiger partial charge in [-0.1, -0.05) is 39.0 Å². The van der Waals surface area contributed by atoms with Crippen molar-refractivity contribution in [2.45, 2.75) is 70.8 Å². The Balaban J connectivity index is 1.60. The lowest BCUT2D eigenvalue weighted by Crippen LogP contribution is -2.44. The molecule has 0 spiro atoms. The van der Waals surface area contributed by atoms with Crippen molar-refractivity contribution in [3.05, 3.63) is 64.1 Å². The molecule has 3 heterocycles. The summed E-state index contributed by atoms with van der Waals surface area (Å²) in [6.45, 7) is 13.2. The highest BCUT2D eigenvalue weighted by Crippen LogP contribution is 2.54. The summed E-state index contributed by atoms with van der Waals surface area (Å²) in [6, 6.07) is 9.65. The first-order valence-electron chi connectivity index (χ1n) is 13.1. The minimum atomic E-state index is -2.11. The number of nitrogens with zero attached hydrogens (tertiary/aromatic N) is 6. The number of carbonyl (C=O) groups is 1. The van der Waals surface area contributed by atoms with Gasteiger partial charge in [-0.25, -0.2) is 14.8 Å². The minimum absolute atomic E-state index is 0.0363. The van der Waals surface area contributed by atoms with Gasteiger partial charge in [0.05, 0.1) is 28.0 Å². The highest BCUT2D eigenvalue weighted by atomic mass is 79.9. The molecule has 3 aromatic heterocycles. The molecular formula is C28H35BrN6O3Si. The van der Waals surface area contributed by atoms with Crippen LogP contribution in [0.4, 0.5) is 10.6 Å². The first-order chi connectivity index (χ1) is 18.2. The zero-order valence-electron chi connectivity index (χ0n) is 23.5. The van der Waals surface area contributed by atoms with Crippen molar-refractivity contribution < 1.29 is 14.3 Å². The van der Waals surface area contributed by atoms with Gasteiger partial charge in [0, 0.05) is 31.1 Å². The Labute approximate surface area is 238 Å². The number of carboxylic acid groups (broad SMARTS) is 1. The molecule has 0 atom stereocenters. The summed E-state index contributed by atoms with van der Waals surface area (Å²) in [5, 5.41) is 15.1. The first kappa shape index (κ1) is 27.5. The van der Waals surface area contributed by atoms with E-state index in [0.717, 1.165) is 45.7 Å². The Morgan fingerprint density at radius 2 is 1.97 bits per heavy atom. The van der Waals surface area contributed by atoms with Gasteiger partial charge in [0.15, 0.2) is 14.0 Å². The van der Waals surface area contributed by atoms with Crippen molar-refractivity contribution in [3.63, 3.8) is 0 Å². The van der Waals surface area contributed by atoms with Crippen LogP contribution in [0.25, 0.3) is 17.0 Å². The number of rotatable bonds is 7. The van der Waals surface area contributed by atoms with E-state index in [-0.39, 0.29) is 11.6 Å². The molecule has 1 amide bonds. The molecule has 1 saturated carbocycles. The number of anilines is 1. The van der Waals surface area contributed by atoms with Gasteiger partial charge in [-0.05, 0) is 65.5 Å². The van der Waals surface area contributed by atoms with Gasteiger partial charge < -0.3 is 14.1 Å². The Hall–Kier alpha value is -3.02. The van der Waals surface area contributed by atoms with Gasteiger partial charge in [-0.3, -0.25) is 4.90 Å². The molecule has 4 aromatic rings. The van der Waals surface area contributed by atoms with E-state index in [1.54, 1.807) is 10.7 Å². The number of amides is 1. The fraction of sp³-hybridized carbons (Fsp3) is 0.429. The van der Waals surface area contributed by atoms with E-state index in [9.17, 15) is 9.90 Å². The molecule has 1 aliphatic carbocycles. The summed E-state index contributed by atoms with van der Waals surface area (Å²) in [6.07, 6.45) is 4.27. The van der Waals surface area contributed by atoms with Gasteiger partial charge in [0.25, 0.3) is 0 Å². The fourth-order valence-corrected chi connectivity index (χ4v) is 6.48. The van der Waals surface area contributed by atoms with Crippen LogP contribution in [0.15, 0.2) is 47.2 Å². The summed E-state index contributed by atoms with van der Waals surface area (Å²) >= 11 is 3.64. The maximum atomic E-state index is 12.8. The van der Waals surface area contributed by atoms with Gasteiger partial charge in [-0.2, -0.15) is 9.61 Å². The van der Waals surface area contributed by atoms with E-state index in [2.05, 4.69) is 59.9 Å². The molecule has 0 radical (unpaired) electrons. The Kier molecular flexibility index (Phi) is 6.75. The molecule has 1 N–H and O–H groups in total. The van der Waals surface area contributed by atoms with Crippen LogP contribution in [0.3, 0.4) is 0 Å². The smallest absolute Gasteiger partial charge is 0.413 e. The van der Waals surface area contributed by atoms with E-state index in [1.165, 1.54) is 4.90 Å². The summed E-state index contributed by atoms with van der Waals surface area (Å²) in [5.74, 6) is 1.25. The molecule has 39 heavy (non-hydrogen) atoms. The fourth-order valence-electron chi connectivity index (χ4n) is 4.55. The van der Waals surface area contributed by atoms with Crippen molar-refractivity contribution in [1.29, 1.82) is 0 Å². The predicted octanol–water partition coefficient (Wildman–Crippen LogP) is 6.90. The van der Waals surface area contributed by atoms with Crippen LogP contribution in [-0.4, -0.2) is 43.7 Å². The first-order valence-corrected chi connectivity index (χ1v) is 16.8. The molecule has 5 rings (SSSR count). The zero-order valence-corrected chi connectivity index (χ0v) is 26.1. The SMILES string of the molecule is Cc1nn2c(N(Cc3cccc(-c4nccn4C)c3)C(=O)O)cc(C3(O[Si](C)(C)C(C)(C)C)CC3)nc2c1Br. The summed E-state index contributed by atoms with van der Waals surface area (Å²) < 4.78 is 11.2. The number of benzene rings is 1. The number of imidazole rings is 1. The van der Waals surface area contributed by atoms with Crippen molar-refractivity contribution in [2.75, 3.05) is 4.90 Å². The normalized spacial score (nSPS) is 15.1. The van der Waals surface area contributed by atoms with E-state index in [1.807, 2.05) is 55.1 Å². The molecule has 1 fully saturated rings. The molecular weight excluding hydrogens is 576 g/mol. The molecule has 0 bridgehead atoms. The number of hydrogen-bond donors (Lipinski definition) is 1. The molecule has 11 heteroatoms. The third kappa shape index (κ3) is 5.03. The molecule has 1 aromatic carbocycles. The third-order valence-electron chi connectivity index (χ3n) is 7.96. The van der Waals surface area contributed by atoms with E-state index in [4.69, 9.17) is 9.41 Å². The van der Waals surface area contributed by atoms with Gasteiger partial charge in [-0.15, -0.1) is 0 Å². The Bertz CT molecular complexity index is 1570. The van der Waals surface area contributed by atoms with Gasteiger partial charge in [0.2, 0.25) is 0 Å². The third-order valence-corrected chi connectivity index (χ3v) is 13.4. The lowest BCUT2D eigenvalue weighted by molar-refractivity contribution is 0.154. The monoisotopic (exact) mass is 610 g/mol.